The highest BCUT2D eigenvalue weighted by atomic mass is 16.6. The van der Waals surface area contributed by atoms with E-state index in [9.17, 15) is 14.9 Å². The SMILES string of the molecule is COc1ccc(C2COC(=O)C(Cc3ccc(OCc4ccccc4)c([N+](=O)[O-])c3)C2)cc1C. The highest BCUT2D eigenvalue weighted by molar-refractivity contribution is 5.74. The van der Waals surface area contributed by atoms with Crippen molar-refractivity contribution in [1.29, 1.82) is 0 Å². The molecule has 3 aromatic rings. The van der Waals surface area contributed by atoms with E-state index in [0.717, 1.165) is 22.4 Å². The van der Waals surface area contributed by atoms with Gasteiger partial charge in [-0.1, -0.05) is 48.5 Å². The van der Waals surface area contributed by atoms with E-state index in [0.29, 0.717) is 25.0 Å². The predicted octanol–water partition coefficient (Wildman–Crippen LogP) is 5.38. The Morgan fingerprint density at radius 2 is 1.79 bits per heavy atom. The molecular weight excluding hydrogens is 434 g/mol. The average Bonchev–Trinajstić information content (AvgIpc) is 2.85. The molecule has 176 valence electrons. The van der Waals surface area contributed by atoms with Crippen molar-refractivity contribution in [3.63, 3.8) is 0 Å². The number of hydrogen-bond acceptors (Lipinski definition) is 6. The van der Waals surface area contributed by atoms with E-state index in [2.05, 4.69) is 6.07 Å². The Morgan fingerprint density at radius 1 is 1.03 bits per heavy atom. The Hall–Kier alpha value is -3.87. The zero-order valence-electron chi connectivity index (χ0n) is 19.2. The van der Waals surface area contributed by atoms with Gasteiger partial charge in [-0.05, 0) is 54.2 Å². The van der Waals surface area contributed by atoms with Crippen LogP contribution >= 0.6 is 0 Å². The number of rotatable bonds is 8. The number of esters is 1. The fraction of sp³-hybridized carbons (Fsp3) is 0.296. The summed E-state index contributed by atoms with van der Waals surface area (Å²) in [5.74, 6) is 0.437. The Balaban J connectivity index is 1.48. The van der Waals surface area contributed by atoms with Crippen molar-refractivity contribution in [2.75, 3.05) is 13.7 Å². The normalized spacial score (nSPS) is 17.6. The number of carbonyl (C=O) groups excluding carboxylic acids is 1. The molecule has 1 fully saturated rings. The molecule has 0 aliphatic carbocycles. The lowest BCUT2D eigenvalue weighted by molar-refractivity contribution is -0.386. The second-order valence-corrected chi connectivity index (χ2v) is 8.53. The number of hydrogen-bond donors (Lipinski definition) is 0. The molecule has 0 saturated carbocycles. The fourth-order valence-corrected chi connectivity index (χ4v) is 4.34. The molecule has 3 aromatic carbocycles. The first kappa shape index (κ1) is 23.3. The van der Waals surface area contributed by atoms with Crippen molar-refractivity contribution < 1.29 is 23.9 Å². The van der Waals surface area contributed by atoms with Crippen LogP contribution < -0.4 is 9.47 Å². The van der Waals surface area contributed by atoms with Gasteiger partial charge in [0.2, 0.25) is 0 Å². The minimum absolute atomic E-state index is 0.0655. The maximum atomic E-state index is 12.5. The lowest BCUT2D eigenvalue weighted by atomic mass is 9.83. The third-order valence-electron chi connectivity index (χ3n) is 6.16. The smallest absolute Gasteiger partial charge is 0.311 e. The zero-order chi connectivity index (χ0) is 24.1. The molecule has 0 bridgehead atoms. The van der Waals surface area contributed by atoms with E-state index in [1.54, 1.807) is 19.2 Å². The van der Waals surface area contributed by atoms with Crippen LogP contribution in [0.1, 0.15) is 34.6 Å². The summed E-state index contributed by atoms with van der Waals surface area (Å²) in [7, 11) is 1.64. The molecule has 1 aliphatic rings. The van der Waals surface area contributed by atoms with Crippen molar-refractivity contribution in [2.45, 2.75) is 32.3 Å². The van der Waals surface area contributed by atoms with Crippen LogP contribution in [0.4, 0.5) is 5.69 Å². The summed E-state index contributed by atoms with van der Waals surface area (Å²) >= 11 is 0. The summed E-state index contributed by atoms with van der Waals surface area (Å²) < 4.78 is 16.5. The van der Waals surface area contributed by atoms with Crippen molar-refractivity contribution in [1.82, 2.24) is 0 Å². The molecule has 2 unspecified atom stereocenters. The van der Waals surface area contributed by atoms with Crippen molar-refractivity contribution in [2.24, 2.45) is 5.92 Å². The van der Waals surface area contributed by atoms with E-state index in [-0.39, 0.29) is 35.8 Å². The van der Waals surface area contributed by atoms with Gasteiger partial charge >= 0.3 is 11.7 Å². The van der Waals surface area contributed by atoms with E-state index < -0.39 is 4.92 Å². The molecule has 0 spiro atoms. The summed E-state index contributed by atoms with van der Waals surface area (Å²) in [6.45, 7) is 2.54. The van der Waals surface area contributed by atoms with Crippen LogP contribution in [0, 0.1) is 23.0 Å². The van der Waals surface area contributed by atoms with Crippen molar-refractivity contribution in [3.05, 3.63) is 99.1 Å². The third-order valence-corrected chi connectivity index (χ3v) is 6.16. The fourth-order valence-electron chi connectivity index (χ4n) is 4.34. The van der Waals surface area contributed by atoms with Gasteiger partial charge in [0.1, 0.15) is 12.4 Å². The lowest BCUT2D eigenvalue weighted by Gasteiger charge is -2.29. The topological polar surface area (TPSA) is 87.9 Å². The van der Waals surface area contributed by atoms with Gasteiger partial charge in [0, 0.05) is 12.0 Å². The van der Waals surface area contributed by atoms with Crippen LogP contribution in [0.15, 0.2) is 66.7 Å². The molecule has 2 atom stereocenters. The third kappa shape index (κ3) is 5.36. The summed E-state index contributed by atoms with van der Waals surface area (Å²) in [5, 5.41) is 11.7. The number of carbonyl (C=O) groups is 1. The Bertz CT molecular complexity index is 1180. The van der Waals surface area contributed by atoms with E-state index in [1.807, 2.05) is 49.4 Å². The first-order valence-electron chi connectivity index (χ1n) is 11.2. The monoisotopic (exact) mass is 461 g/mol. The van der Waals surface area contributed by atoms with Gasteiger partial charge in [-0.15, -0.1) is 0 Å². The van der Waals surface area contributed by atoms with Crippen molar-refractivity contribution in [3.8, 4) is 11.5 Å². The molecule has 0 radical (unpaired) electrons. The molecule has 1 heterocycles. The number of nitrogens with zero attached hydrogens (tertiary/aromatic N) is 1. The standard InChI is InChI=1S/C27H27NO6/c1-18-12-21(9-11-25(18)32-2)23-15-22(27(29)34-17-23)13-20-8-10-26(24(14-20)28(30)31)33-16-19-6-4-3-5-7-19/h3-12,14,22-23H,13,15-17H2,1-2H3. The molecule has 1 aliphatic heterocycles. The molecule has 4 rings (SSSR count). The highest BCUT2D eigenvalue weighted by Crippen LogP contribution is 2.35. The first-order chi connectivity index (χ1) is 16.4. The van der Waals surface area contributed by atoms with Crippen LogP contribution in [-0.2, 0) is 22.6 Å². The number of nitro groups is 1. The van der Waals surface area contributed by atoms with Gasteiger partial charge in [-0.25, -0.2) is 0 Å². The molecule has 7 heteroatoms. The van der Waals surface area contributed by atoms with Crippen LogP contribution in [0.25, 0.3) is 0 Å². The molecule has 0 amide bonds. The number of aryl methyl sites for hydroxylation is 1. The number of methoxy groups -OCH3 is 1. The Morgan fingerprint density at radius 3 is 2.50 bits per heavy atom. The van der Waals surface area contributed by atoms with Gasteiger partial charge in [0.15, 0.2) is 5.75 Å². The van der Waals surface area contributed by atoms with Crippen LogP contribution in [0.2, 0.25) is 0 Å². The summed E-state index contributed by atoms with van der Waals surface area (Å²) in [6, 6.07) is 20.3. The average molecular weight is 462 g/mol. The molecule has 0 aromatic heterocycles. The number of ether oxygens (including phenoxy) is 3. The van der Waals surface area contributed by atoms with E-state index in [4.69, 9.17) is 14.2 Å². The van der Waals surface area contributed by atoms with Gasteiger partial charge in [-0.2, -0.15) is 0 Å². The molecule has 1 saturated heterocycles. The zero-order valence-corrected chi connectivity index (χ0v) is 19.2. The van der Waals surface area contributed by atoms with Gasteiger partial charge < -0.3 is 14.2 Å². The van der Waals surface area contributed by atoms with E-state index in [1.165, 1.54) is 6.07 Å². The second-order valence-electron chi connectivity index (χ2n) is 8.53. The van der Waals surface area contributed by atoms with Crippen LogP contribution in [0.3, 0.4) is 0 Å². The molecular formula is C27H27NO6. The van der Waals surface area contributed by atoms with Gasteiger partial charge in [-0.3, -0.25) is 14.9 Å². The molecule has 7 nitrogen and oxygen atoms in total. The largest absolute Gasteiger partial charge is 0.496 e. The van der Waals surface area contributed by atoms with Crippen LogP contribution in [0.5, 0.6) is 11.5 Å². The van der Waals surface area contributed by atoms with Gasteiger partial charge in [0.05, 0.1) is 24.6 Å². The predicted molar refractivity (Wildman–Crippen MR) is 127 cm³/mol. The first-order valence-corrected chi connectivity index (χ1v) is 11.2. The number of benzene rings is 3. The minimum atomic E-state index is -0.452. The Kier molecular flexibility index (Phi) is 7.11. The lowest BCUT2D eigenvalue weighted by Crippen LogP contribution is -2.31. The summed E-state index contributed by atoms with van der Waals surface area (Å²) in [6.07, 6.45) is 0.981. The number of cyclic esters (lactones) is 1. The highest BCUT2D eigenvalue weighted by Gasteiger charge is 2.32. The van der Waals surface area contributed by atoms with Crippen LogP contribution in [-0.4, -0.2) is 24.6 Å². The summed E-state index contributed by atoms with van der Waals surface area (Å²) in [4.78, 5) is 23.7. The molecule has 34 heavy (non-hydrogen) atoms. The summed E-state index contributed by atoms with van der Waals surface area (Å²) in [5.41, 5.74) is 3.62. The van der Waals surface area contributed by atoms with Crippen molar-refractivity contribution >= 4 is 11.7 Å². The second kappa shape index (κ2) is 10.4. The maximum absolute atomic E-state index is 12.5. The minimum Gasteiger partial charge on any atom is -0.496 e. The Labute approximate surface area is 198 Å². The quantitative estimate of drug-likeness (QED) is 0.254. The maximum Gasteiger partial charge on any atom is 0.311 e. The van der Waals surface area contributed by atoms with E-state index >= 15 is 0 Å². The molecule has 0 N–H and O–H groups in total. The van der Waals surface area contributed by atoms with Gasteiger partial charge in [0.25, 0.3) is 0 Å². The number of nitro benzene ring substituents is 1.